The molecular weight excluding hydrogens is 352 g/mol. The van der Waals surface area contributed by atoms with E-state index in [-0.39, 0.29) is 11.1 Å². The molecule has 27 heavy (non-hydrogen) atoms. The summed E-state index contributed by atoms with van der Waals surface area (Å²) in [6, 6.07) is 7.70. The molecule has 1 aromatic rings. The fourth-order valence-electron chi connectivity index (χ4n) is 3.05. The van der Waals surface area contributed by atoms with E-state index in [0.717, 1.165) is 7.11 Å². The minimum atomic E-state index is -2.10. The highest BCUT2D eigenvalue weighted by Gasteiger charge is 2.58. The van der Waals surface area contributed by atoms with Gasteiger partial charge in [-0.2, -0.15) is 5.26 Å². The molecular formula is C19H20N2O6. The summed E-state index contributed by atoms with van der Waals surface area (Å²) < 4.78 is 10.1. The Morgan fingerprint density at radius 1 is 1.22 bits per heavy atom. The molecule has 0 saturated carbocycles. The van der Waals surface area contributed by atoms with Gasteiger partial charge in [0.15, 0.2) is 5.41 Å². The lowest BCUT2D eigenvalue weighted by Gasteiger charge is -2.38. The van der Waals surface area contributed by atoms with Crippen molar-refractivity contribution in [2.45, 2.75) is 38.2 Å². The summed E-state index contributed by atoms with van der Waals surface area (Å²) in [5.41, 5.74) is -2.82. The number of nitrogens with zero attached hydrogens (tertiary/aromatic N) is 2. The molecule has 2 amide bonds. The van der Waals surface area contributed by atoms with Crippen LogP contribution in [-0.4, -0.2) is 47.9 Å². The van der Waals surface area contributed by atoms with Gasteiger partial charge in [-0.1, -0.05) is 18.2 Å². The zero-order valence-electron chi connectivity index (χ0n) is 15.6. The van der Waals surface area contributed by atoms with Crippen LogP contribution < -0.4 is 0 Å². The Morgan fingerprint density at radius 2 is 1.85 bits per heavy atom. The predicted molar refractivity (Wildman–Crippen MR) is 92.3 cm³/mol. The maximum absolute atomic E-state index is 13.2. The van der Waals surface area contributed by atoms with Crippen molar-refractivity contribution in [3.8, 4) is 6.07 Å². The Hall–Kier alpha value is -3.21. The van der Waals surface area contributed by atoms with E-state index in [1.54, 1.807) is 39.0 Å². The first kappa shape index (κ1) is 20.1. The van der Waals surface area contributed by atoms with Crippen LogP contribution >= 0.6 is 0 Å². The molecule has 1 aromatic carbocycles. The summed E-state index contributed by atoms with van der Waals surface area (Å²) in [5, 5.41) is 9.00. The molecule has 142 valence electrons. The number of esters is 2. The van der Waals surface area contributed by atoms with E-state index < -0.39 is 47.7 Å². The van der Waals surface area contributed by atoms with Gasteiger partial charge in [0.25, 0.3) is 11.8 Å². The van der Waals surface area contributed by atoms with E-state index in [1.165, 1.54) is 12.1 Å². The van der Waals surface area contributed by atoms with Crippen molar-refractivity contribution in [1.29, 1.82) is 5.26 Å². The van der Waals surface area contributed by atoms with Crippen molar-refractivity contribution >= 4 is 23.8 Å². The summed E-state index contributed by atoms with van der Waals surface area (Å²) in [6.45, 7) is 4.40. The van der Waals surface area contributed by atoms with Crippen LogP contribution in [0.25, 0.3) is 0 Å². The van der Waals surface area contributed by atoms with E-state index in [1.807, 2.05) is 0 Å². The molecule has 0 saturated heterocycles. The van der Waals surface area contributed by atoms with Gasteiger partial charge in [0, 0.05) is 5.56 Å². The zero-order valence-corrected chi connectivity index (χ0v) is 15.6. The number of imide groups is 1. The number of methoxy groups -OCH3 is 1. The second kappa shape index (κ2) is 7.19. The molecule has 1 aliphatic heterocycles. The number of carbonyl (C=O) groups is 4. The van der Waals surface area contributed by atoms with Crippen LogP contribution in [0.5, 0.6) is 0 Å². The van der Waals surface area contributed by atoms with Crippen molar-refractivity contribution in [2.24, 2.45) is 0 Å². The van der Waals surface area contributed by atoms with Crippen LogP contribution in [0, 0.1) is 11.3 Å². The quantitative estimate of drug-likeness (QED) is 0.339. The number of amides is 2. The fourth-order valence-corrected chi connectivity index (χ4v) is 3.05. The van der Waals surface area contributed by atoms with Crippen molar-refractivity contribution in [3.05, 3.63) is 35.4 Å². The molecule has 1 heterocycles. The number of carbonyl (C=O) groups excluding carboxylic acids is 4. The highest BCUT2D eigenvalue weighted by molar-refractivity contribution is 6.22. The number of hydrogen-bond donors (Lipinski definition) is 0. The maximum atomic E-state index is 13.2. The summed E-state index contributed by atoms with van der Waals surface area (Å²) >= 11 is 0. The predicted octanol–water partition coefficient (Wildman–Crippen LogP) is 1.34. The van der Waals surface area contributed by atoms with Gasteiger partial charge in [0.05, 0.1) is 19.6 Å². The SMILES string of the molecule is COC(=O)C1(CC(=O)OC(C)(C)C)C(=O)N(CC#N)C(=O)c2ccccc21. The number of fused-ring (bicyclic) bond motifs is 1. The second-order valence-corrected chi connectivity index (χ2v) is 7.06. The molecule has 0 aliphatic carbocycles. The number of nitriles is 1. The summed E-state index contributed by atoms with van der Waals surface area (Å²) in [4.78, 5) is 51.7. The average Bonchev–Trinajstić information content (AvgIpc) is 2.60. The topological polar surface area (TPSA) is 114 Å². The Kier molecular flexibility index (Phi) is 5.36. The summed E-state index contributed by atoms with van der Waals surface area (Å²) in [5.74, 6) is -3.49. The number of benzene rings is 1. The molecule has 0 aromatic heterocycles. The van der Waals surface area contributed by atoms with Gasteiger partial charge in [-0.05, 0) is 32.4 Å². The highest BCUT2D eigenvalue weighted by atomic mass is 16.6. The van der Waals surface area contributed by atoms with E-state index >= 15 is 0 Å². The third-order valence-corrected chi connectivity index (χ3v) is 4.06. The Balaban J connectivity index is 2.69. The third-order valence-electron chi connectivity index (χ3n) is 4.06. The van der Waals surface area contributed by atoms with Gasteiger partial charge in [-0.15, -0.1) is 0 Å². The Morgan fingerprint density at radius 3 is 2.41 bits per heavy atom. The van der Waals surface area contributed by atoms with E-state index in [4.69, 9.17) is 14.7 Å². The Labute approximate surface area is 156 Å². The second-order valence-electron chi connectivity index (χ2n) is 7.06. The van der Waals surface area contributed by atoms with Crippen molar-refractivity contribution < 1.29 is 28.7 Å². The minimum absolute atomic E-state index is 0.0568. The molecule has 0 bridgehead atoms. The molecule has 1 atom stereocenters. The fraction of sp³-hybridized carbons (Fsp3) is 0.421. The van der Waals surface area contributed by atoms with Gasteiger partial charge in [0.2, 0.25) is 0 Å². The first-order chi connectivity index (χ1) is 12.6. The lowest BCUT2D eigenvalue weighted by molar-refractivity contribution is -0.167. The van der Waals surface area contributed by atoms with Gasteiger partial charge in [-0.3, -0.25) is 24.1 Å². The monoisotopic (exact) mass is 372 g/mol. The van der Waals surface area contributed by atoms with Crippen LogP contribution in [0.1, 0.15) is 43.1 Å². The molecule has 2 rings (SSSR count). The van der Waals surface area contributed by atoms with Gasteiger partial charge >= 0.3 is 11.9 Å². The molecule has 0 fully saturated rings. The van der Waals surface area contributed by atoms with Crippen molar-refractivity contribution in [3.63, 3.8) is 0 Å². The van der Waals surface area contributed by atoms with E-state index in [2.05, 4.69) is 0 Å². The van der Waals surface area contributed by atoms with Gasteiger partial charge in [0.1, 0.15) is 12.1 Å². The Bertz CT molecular complexity index is 848. The first-order valence-corrected chi connectivity index (χ1v) is 8.21. The average molecular weight is 372 g/mol. The third kappa shape index (κ3) is 3.53. The minimum Gasteiger partial charge on any atom is -0.468 e. The molecule has 8 nitrogen and oxygen atoms in total. The normalized spacial score (nSPS) is 19.1. The molecule has 1 aliphatic rings. The number of ether oxygens (including phenoxy) is 2. The molecule has 0 N–H and O–H groups in total. The van der Waals surface area contributed by atoms with Crippen LogP contribution in [0.2, 0.25) is 0 Å². The van der Waals surface area contributed by atoms with E-state index in [0.29, 0.717) is 4.90 Å². The molecule has 1 unspecified atom stereocenters. The van der Waals surface area contributed by atoms with Crippen molar-refractivity contribution in [2.75, 3.05) is 13.7 Å². The van der Waals surface area contributed by atoms with E-state index in [9.17, 15) is 19.2 Å². The maximum Gasteiger partial charge on any atom is 0.326 e. The zero-order chi connectivity index (χ0) is 20.4. The van der Waals surface area contributed by atoms with Crippen LogP contribution in [0.15, 0.2) is 24.3 Å². The van der Waals surface area contributed by atoms with Crippen LogP contribution in [-0.2, 0) is 29.3 Å². The molecule has 0 spiro atoms. The van der Waals surface area contributed by atoms with Crippen molar-refractivity contribution in [1.82, 2.24) is 4.90 Å². The number of hydrogen-bond acceptors (Lipinski definition) is 7. The summed E-state index contributed by atoms with van der Waals surface area (Å²) in [7, 11) is 1.08. The molecule has 0 radical (unpaired) electrons. The lowest BCUT2D eigenvalue weighted by Crippen LogP contribution is -2.59. The largest absolute Gasteiger partial charge is 0.468 e. The van der Waals surface area contributed by atoms with Crippen LogP contribution in [0.4, 0.5) is 0 Å². The lowest BCUT2D eigenvalue weighted by atomic mass is 9.71. The number of rotatable bonds is 4. The highest BCUT2D eigenvalue weighted by Crippen LogP contribution is 2.39. The standard InChI is InChI=1S/C19H20N2O6/c1-18(2,3)27-14(22)11-19(17(25)26-4)13-8-6-5-7-12(13)15(23)21(10-9-20)16(19)24/h5-8H,10-11H2,1-4H3. The smallest absolute Gasteiger partial charge is 0.326 e. The summed E-state index contributed by atoms with van der Waals surface area (Å²) in [6.07, 6.45) is -0.651. The molecule has 8 heteroatoms. The van der Waals surface area contributed by atoms with Gasteiger partial charge in [-0.25, -0.2) is 0 Å². The van der Waals surface area contributed by atoms with Gasteiger partial charge < -0.3 is 9.47 Å². The van der Waals surface area contributed by atoms with Crippen LogP contribution in [0.3, 0.4) is 0 Å². The first-order valence-electron chi connectivity index (χ1n) is 8.21.